The smallest absolute Gasteiger partial charge is 0.274 e. The van der Waals surface area contributed by atoms with Crippen molar-refractivity contribution in [2.24, 2.45) is 5.92 Å². The maximum absolute atomic E-state index is 13.9. The van der Waals surface area contributed by atoms with Crippen LogP contribution in [0.25, 0.3) is 0 Å². The lowest BCUT2D eigenvalue weighted by Gasteiger charge is -2.29. The van der Waals surface area contributed by atoms with E-state index in [1.807, 2.05) is 45.9 Å². The molecule has 0 aliphatic carbocycles. The van der Waals surface area contributed by atoms with Gasteiger partial charge in [-0.2, -0.15) is 0 Å². The number of benzene rings is 2. The molecule has 36 heavy (non-hydrogen) atoms. The van der Waals surface area contributed by atoms with E-state index in [0.717, 1.165) is 38.2 Å². The highest BCUT2D eigenvalue weighted by atomic mass is 16.7. The van der Waals surface area contributed by atoms with Gasteiger partial charge in [-0.15, -0.1) is 0 Å². The van der Waals surface area contributed by atoms with Crippen molar-refractivity contribution < 1.29 is 23.7 Å². The number of carbonyl (C=O) groups excluding carboxylic acids is 1. The third-order valence-electron chi connectivity index (χ3n) is 6.93. The third kappa shape index (κ3) is 4.70. The summed E-state index contributed by atoms with van der Waals surface area (Å²) < 4.78 is 24.5. The van der Waals surface area contributed by atoms with E-state index in [1.165, 1.54) is 0 Å². The number of fused-ring (bicyclic) bond motifs is 2. The predicted octanol–water partition coefficient (Wildman–Crippen LogP) is 3.53. The van der Waals surface area contributed by atoms with Crippen LogP contribution in [-0.4, -0.2) is 60.0 Å². The van der Waals surface area contributed by atoms with Crippen LogP contribution in [0, 0.1) is 5.92 Å². The molecule has 1 amide bonds. The summed E-state index contributed by atoms with van der Waals surface area (Å²) in [5, 5.41) is 3.39. The van der Waals surface area contributed by atoms with Crippen molar-refractivity contribution >= 4 is 11.7 Å². The van der Waals surface area contributed by atoms with Crippen LogP contribution < -0.4 is 19.5 Å². The second-order valence-corrected chi connectivity index (χ2v) is 9.33. The topological polar surface area (TPSA) is 87.1 Å². The molecule has 1 fully saturated rings. The van der Waals surface area contributed by atoms with Gasteiger partial charge in [0.05, 0.1) is 0 Å². The number of ether oxygens (including phenoxy) is 4. The Morgan fingerprint density at radius 2 is 1.89 bits per heavy atom. The maximum atomic E-state index is 13.9. The van der Waals surface area contributed by atoms with Crippen LogP contribution in [0.3, 0.4) is 0 Å². The van der Waals surface area contributed by atoms with Gasteiger partial charge in [-0.3, -0.25) is 4.79 Å². The molecule has 3 aliphatic rings. The first kappa shape index (κ1) is 22.7. The standard InChI is InChI=1S/C27H30N4O5/c32-27-25-26(28-10-11-30(27)15-20-8-12-33-13-9-20)29-24(31(25)16-19-4-2-1-3-5-19)17-34-21-6-7-22-23(14-21)36-18-35-22/h1-7,14,20,28H,8-13,15-18H2. The summed E-state index contributed by atoms with van der Waals surface area (Å²) in [6.07, 6.45) is 1.98. The lowest BCUT2D eigenvalue weighted by Crippen LogP contribution is -2.39. The fraction of sp³-hybridized carbons (Fsp3) is 0.407. The Bertz CT molecular complexity index is 1220. The number of nitrogens with one attached hydrogen (secondary N) is 1. The summed E-state index contributed by atoms with van der Waals surface area (Å²) in [6.45, 7) is 4.55. The van der Waals surface area contributed by atoms with Crippen molar-refractivity contribution in [1.82, 2.24) is 14.5 Å². The van der Waals surface area contributed by atoms with Crippen molar-refractivity contribution in [2.75, 3.05) is 45.0 Å². The zero-order valence-corrected chi connectivity index (χ0v) is 20.2. The van der Waals surface area contributed by atoms with Gasteiger partial charge in [0.15, 0.2) is 23.0 Å². The van der Waals surface area contributed by atoms with Crippen LogP contribution in [0.15, 0.2) is 48.5 Å². The highest BCUT2D eigenvalue weighted by Gasteiger charge is 2.31. The maximum Gasteiger partial charge on any atom is 0.274 e. The number of aromatic nitrogens is 2. The lowest BCUT2D eigenvalue weighted by atomic mass is 9.99. The Kier molecular flexibility index (Phi) is 6.38. The van der Waals surface area contributed by atoms with Gasteiger partial charge in [-0.05, 0) is 36.5 Å². The van der Waals surface area contributed by atoms with Gasteiger partial charge in [-0.1, -0.05) is 30.3 Å². The molecule has 0 atom stereocenters. The number of imidazole rings is 1. The molecule has 4 heterocycles. The zero-order chi connectivity index (χ0) is 24.3. The normalized spacial score (nSPS) is 17.4. The van der Waals surface area contributed by atoms with E-state index >= 15 is 0 Å². The largest absolute Gasteiger partial charge is 0.486 e. The Hall–Kier alpha value is -3.72. The molecule has 0 bridgehead atoms. The molecular weight excluding hydrogens is 460 g/mol. The van der Waals surface area contributed by atoms with E-state index in [-0.39, 0.29) is 19.3 Å². The molecule has 188 valence electrons. The van der Waals surface area contributed by atoms with E-state index in [4.69, 9.17) is 23.9 Å². The fourth-order valence-corrected chi connectivity index (χ4v) is 4.98. The molecule has 2 aromatic carbocycles. The molecule has 0 spiro atoms. The summed E-state index contributed by atoms with van der Waals surface area (Å²) in [4.78, 5) is 20.7. The van der Waals surface area contributed by atoms with Crippen LogP contribution in [0.4, 0.5) is 5.82 Å². The molecule has 9 heteroatoms. The van der Waals surface area contributed by atoms with Crippen molar-refractivity contribution in [2.45, 2.75) is 26.0 Å². The minimum atomic E-state index is 0.0132. The average Bonchev–Trinajstić information content (AvgIpc) is 3.48. The number of hydrogen-bond donors (Lipinski definition) is 1. The van der Waals surface area contributed by atoms with Crippen molar-refractivity contribution in [3.63, 3.8) is 0 Å². The number of carbonyl (C=O) groups is 1. The highest BCUT2D eigenvalue weighted by molar-refractivity contribution is 5.98. The number of anilines is 1. The molecule has 1 N–H and O–H groups in total. The first-order valence-corrected chi connectivity index (χ1v) is 12.5. The molecule has 3 aliphatic heterocycles. The van der Waals surface area contributed by atoms with Crippen LogP contribution in [0.5, 0.6) is 17.2 Å². The van der Waals surface area contributed by atoms with E-state index in [2.05, 4.69) is 17.4 Å². The van der Waals surface area contributed by atoms with Crippen LogP contribution in [0.1, 0.15) is 34.7 Å². The second-order valence-electron chi connectivity index (χ2n) is 9.33. The van der Waals surface area contributed by atoms with Crippen molar-refractivity contribution in [3.05, 3.63) is 65.6 Å². The van der Waals surface area contributed by atoms with E-state index in [1.54, 1.807) is 0 Å². The monoisotopic (exact) mass is 490 g/mol. The van der Waals surface area contributed by atoms with Gasteiger partial charge in [0, 0.05) is 45.5 Å². The number of amides is 1. The minimum absolute atomic E-state index is 0.0132. The first-order valence-electron chi connectivity index (χ1n) is 12.5. The van der Waals surface area contributed by atoms with Gasteiger partial charge in [0.25, 0.3) is 5.91 Å². The van der Waals surface area contributed by atoms with Crippen LogP contribution in [-0.2, 0) is 17.9 Å². The van der Waals surface area contributed by atoms with Gasteiger partial charge in [-0.25, -0.2) is 4.98 Å². The Labute approximate surface area is 209 Å². The third-order valence-corrected chi connectivity index (χ3v) is 6.93. The molecule has 0 radical (unpaired) electrons. The molecule has 0 saturated carbocycles. The Morgan fingerprint density at radius 3 is 2.75 bits per heavy atom. The SMILES string of the molecule is O=C1c2c(nc(COc3ccc4c(c3)OCO4)n2Cc2ccccc2)NCCN1CC1CCOCC1. The van der Waals surface area contributed by atoms with Crippen LogP contribution >= 0.6 is 0 Å². The minimum Gasteiger partial charge on any atom is -0.486 e. The Balaban J connectivity index is 1.29. The number of rotatable bonds is 7. The summed E-state index contributed by atoms with van der Waals surface area (Å²) in [7, 11) is 0. The second kappa shape index (κ2) is 10.1. The molecule has 9 nitrogen and oxygen atoms in total. The molecule has 0 unspecified atom stereocenters. The molecule has 3 aromatic rings. The molecule has 1 saturated heterocycles. The zero-order valence-electron chi connectivity index (χ0n) is 20.2. The molecular formula is C27H30N4O5. The first-order chi connectivity index (χ1) is 17.7. The lowest BCUT2D eigenvalue weighted by molar-refractivity contribution is 0.0463. The van der Waals surface area contributed by atoms with Gasteiger partial charge in [0.1, 0.15) is 18.2 Å². The summed E-state index contributed by atoms with van der Waals surface area (Å²) >= 11 is 0. The summed E-state index contributed by atoms with van der Waals surface area (Å²) in [6, 6.07) is 15.6. The Morgan fingerprint density at radius 1 is 1.06 bits per heavy atom. The van der Waals surface area contributed by atoms with E-state index in [9.17, 15) is 4.79 Å². The average molecular weight is 491 g/mol. The number of nitrogens with zero attached hydrogens (tertiary/aromatic N) is 3. The van der Waals surface area contributed by atoms with Crippen molar-refractivity contribution in [1.29, 1.82) is 0 Å². The quantitative estimate of drug-likeness (QED) is 0.542. The van der Waals surface area contributed by atoms with Crippen LogP contribution in [0.2, 0.25) is 0 Å². The molecule has 1 aromatic heterocycles. The number of hydrogen-bond acceptors (Lipinski definition) is 7. The summed E-state index contributed by atoms with van der Waals surface area (Å²) in [5.41, 5.74) is 1.68. The summed E-state index contributed by atoms with van der Waals surface area (Å²) in [5.74, 6) is 3.81. The highest BCUT2D eigenvalue weighted by Crippen LogP contribution is 2.35. The van der Waals surface area contributed by atoms with Gasteiger partial charge < -0.3 is 33.7 Å². The van der Waals surface area contributed by atoms with Crippen molar-refractivity contribution in [3.8, 4) is 17.2 Å². The van der Waals surface area contributed by atoms with E-state index < -0.39 is 0 Å². The molecule has 6 rings (SSSR count). The van der Waals surface area contributed by atoms with Gasteiger partial charge in [0.2, 0.25) is 6.79 Å². The van der Waals surface area contributed by atoms with E-state index in [0.29, 0.717) is 60.1 Å². The van der Waals surface area contributed by atoms with Gasteiger partial charge >= 0.3 is 0 Å². The fourth-order valence-electron chi connectivity index (χ4n) is 4.98. The predicted molar refractivity (Wildman–Crippen MR) is 133 cm³/mol.